The van der Waals surface area contributed by atoms with Crippen molar-refractivity contribution in [2.24, 2.45) is 0 Å². The summed E-state index contributed by atoms with van der Waals surface area (Å²) in [6.45, 7) is 0.627. The molecule has 0 spiro atoms. The van der Waals surface area contributed by atoms with Crippen LogP contribution in [0.4, 0.5) is 24.8 Å². The number of nitrogen functional groups attached to an aromatic ring is 1. The first-order valence-corrected chi connectivity index (χ1v) is 9.65. The highest BCUT2D eigenvalue weighted by molar-refractivity contribution is 5.73. The standard InChI is InChI=1S/C23H18F3N5/c1-30-13-16-8-7-15(17-9-10-20(27)28-22(17)23(24,25)26)11-19(16)31-21(30)12-18(29-31)14-5-3-2-4-6-14/h2-12H,13H2,1H3,(H2,27,28). The largest absolute Gasteiger partial charge is 0.434 e. The Morgan fingerprint density at radius 2 is 1.71 bits per heavy atom. The van der Waals surface area contributed by atoms with Crippen molar-refractivity contribution < 1.29 is 13.2 Å². The van der Waals surface area contributed by atoms with Gasteiger partial charge in [0.2, 0.25) is 0 Å². The van der Waals surface area contributed by atoms with Crippen molar-refractivity contribution in [1.82, 2.24) is 14.8 Å². The molecule has 0 radical (unpaired) electrons. The molecule has 3 heterocycles. The highest BCUT2D eigenvalue weighted by Gasteiger charge is 2.36. The number of aromatic nitrogens is 3. The molecule has 1 aliphatic heterocycles. The number of halogens is 3. The summed E-state index contributed by atoms with van der Waals surface area (Å²) in [4.78, 5) is 5.62. The predicted octanol–water partition coefficient (Wildman–Crippen LogP) is 5.15. The van der Waals surface area contributed by atoms with Crippen LogP contribution >= 0.6 is 0 Å². The van der Waals surface area contributed by atoms with E-state index in [0.717, 1.165) is 28.3 Å². The normalized spacial score (nSPS) is 13.1. The molecular formula is C23H18F3N5. The molecule has 0 fully saturated rings. The lowest BCUT2D eigenvalue weighted by atomic mass is 9.99. The first-order chi connectivity index (χ1) is 14.8. The summed E-state index contributed by atoms with van der Waals surface area (Å²) in [7, 11) is 1.96. The Bertz CT molecular complexity index is 1280. The molecular weight excluding hydrogens is 403 g/mol. The molecule has 0 amide bonds. The minimum atomic E-state index is -4.61. The average Bonchev–Trinajstić information content (AvgIpc) is 3.20. The summed E-state index contributed by atoms with van der Waals surface area (Å²) in [5.41, 5.74) is 8.40. The van der Waals surface area contributed by atoms with Gasteiger partial charge in [0.05, 0.1) is 11.4 Å². The second kappa shape index (κ2) is 6.87. The quantitative estimate of drug-likeness (QED) is 0.486. The van der Waals surface area contributed by atoms with Crippen molar-refractivity contribution in [3.8, 4) is 28.1 Å². The average molecular weight is 421 g/mol. The predicted molar refractivity (Wildman–Crippen MR) is 114 cm³/mol. The zero-order chi connectivity index (χ0) is 21.8. The van der Waals surface area contributed by atoms with E-state index < -0.39 is 11.9 Å². The van der Waals surface area contributed by atoms with E-state index in [9.17, 15) is 13.2 Å². The first-order valence-electron chi connectivity index (χ1n) is 9.65. The Morgan fingerprint density at radius 3 is 2.45 bits per heavy atom. The first kappa shape index (κ1) is 19.2. The molecule has 0 bridgehead atoms. The number of fused-ring (bicyclic) bond motifs is 3. The van der Waals surface area contributed by atoms with Crippen LogP contribution in [0.5, 0.6) is 0 Å². The Morgan fingerprint density at radius 1 is 0.935 bits per heavy atom. The number of hydrogen-bond donors (Lipinski definition) is 1. The highest BCUT2D eigenvalue weighted by Crippen LogP contribution is 2.39. The second-order valence-corrected chi connectivity index (χ2v) is 7.50. The SMILES string of the molecule is CN1Cc2ccc(-c3ccc(N)nc3C(F)(F)F)cc2-n2nc(-c3ccccc3)cc21. The van der Waals surface area contributed by atoms with Gasteiger partial charge in [-0.05, 0) is 29.3 Å². The van der Waals surface area contributed by atoms with Gasteiger partial charge < -0.3 is 10.6 Å². The molecule has 2 aromatic carbocycles. The molecule has 8 heteroatoms. The number of alkyl halides is 3. The lowest BCUT2D eigenvalue weighted by Gasteiger charge is -2.28. The topological polar surface area (TPSA) is 60.0 Å². The molecule has 2 aromatic heterocycles. The number of nitrogens with two attached hydrogens (primary N) is 1. The Balaban J connectivity index is 1.66. The molecule has 1 aliphatic rings. The van der Waals surface area contributed by atoms with E-state index in [1.807, 2.05) is 49.5 Å². The van der Waals surface area contributed by atoms with Gasteiger partial charge in [0.1, 0.15) is 11.6 Å². The number of pyridine rings is 1. The summed E-state index contributed by atoms with van der Waals surface area (Å²) >= 11 is 0. The molecule has 5 rings (SSSR count). The Kier molecular flexibility index (Phi) is 4.25. The smallest absolute Gasteiger partial charge is 0.384 e. The molecule has 0 saturated heterocycles. The van der Waals surface area contributed by atoms with Gasteiger partial charge in [-0.3, -0.25) is 0 Å². The van der Waals surface area contributed by atoms with Crippen molar-refractivity contribution in [1.29, 1.82) is 0 Å². The van der Waals surface area contributed by atoms with Crippen LogP contribution in [0.1, 0.15) is 11.3 Å². The number of hydrogen-bond acceptors (Lipinski definition) is 4. The molecule has 4 aromatic rings. The third-order valence-corrected chi connectivity index (χ3v) is 5.37. The summed E-state index contributed by atoms with van der Waals surface area (Å²) in [5.74, 6) is 0.701. The number of rotatable bonds is 2. The second-order valence-electron chi connectivity index (χ2n) is 7.50. The van der Waals surface area contributed by atoms with Gasteiger partial charge >= 0.3 is 6.18 Å². The Hall–Kier alpha value is -3.81. The molecule has 0 unspecified atom stereocenters. The van der Waals surface area contributed by atoms with E-state index in [4.69, 9.17) is 10.8 Å². The number of nitrogens with zero attached hydrogens (tertiary/aromatic N) is 4. The number of anilines is 2. The molecule has 0 aliphatic carbocycles. The molecule has 5 nitrogen and oxygen atoms in total. The zero-order valence-electron chi connectivity index (χ0n) is 16.6. The summed E-state index contributed by atoms with van der Waals surface area (Å²) < 4.78 is 42.6. The highest BCUT2D eigenvalue weighted by atomic mass is 19.4. The van der Waals surface area contributed by atoms with Crippen LogP contribution in [0.3, 0.4) is 0 Å². The molecule has 31 heavy (non-hydrogen) atoms. The fourth-order valence-corrected chi connectivity index (χ4v) is 3.89. The van der Waals surface area contributed by atoms with Crippen LogP contribution < -0.4 is 10.6 Å². The van der Waals surface area contributed by atoms with Gasteiger partial charge in [-0.2, -0.15) is 18.3 Å². The molecule has 2 N–H and O–H groups in total. The van der Waals surface area contributed by atoms with Crippen molar-refractivity contribution in [2.75, 3.05) is 17.7 Å². The summed E-state index contributed by atoms with van der Waals surface area (Å²) in [6, 6.07) is 19.7. The minimum absolute atomic E-state index is 0.0135. The molecule has 0 saturated carbocycles. The van der Waals surface area contributed by atoms with Gasteiger partial charge in [-0.15, -0.1) is 0 Å². The van der Waals surface area contributed by atoms with Crippen LogP contribution in [0.15, 0.2) is 66.7 Å². The van der Waals surface area contributed by atoms with Gasteiger partial charge in [0.25, 0.3) is 0 Å². The van der Waals surface area contributed by atoms with Crippen molar-refractivity contribution in [3.63, 3.8) is 0 Å². The summed E-state index contributed by atoms with van der Waals surface area (Å²) in [5, 5.41) is 4.75. The maximum absolute atomic E-state index is 13.6. The zero-order valence-corrected chi connectivity index (χ0v) is 16.6. The fourth-order valence-electron chi connectivity index (χ4n) is 3.89. The van der Waals surface area contributed by atoms with E-state index in [2.05, 4.69) is 9.88 Å². The van der Waals surface area contributed by atoms with Gasteiger partial charge in [0.15, 0.2) is 5.69 Å². The minimum Gasteiger partial charge on any atom is -0.384 e. The fraction of sp³-hybridized carbons (Fsp3) is 0.130. The number of benzene rings is 2. The van der Waals surface area contributed by atoms with Crippen molar-refractivity contribution >= 4 is 11.6 Å². The van der Waals surface area contributed by atoms with Crippen LogP contribution in [0.2, 0.25) is 0 Å². The lowest BCUT2D eigenvalue weighted by Crippen LogP contribution is -2.25. The third kappa shape index (κ3) is 3.30. The Labute approximate surface area is 176 Å². The molecule has 0 atom stereocenters. The van der Waals surface area contributed by atoms with E-state index in [1.54, 1.807) is 16.8 Å². The summed E-state index contributed by atoms with van der Waals surface area (Å²) in [6.07, 6.45) is -4.61. The lowest BCUT2D eigenvalue weighted by molar-refractivity contribution is -0.140. The van der Waals surface area contributed by atoms with Gasteiger partial charge in [-0.1, -0.05) is 42.5 Å². The van der Waals surface area contributed by atoms with Crippen LogP contribution in [-0.4, -0.2) is 21.8 Å². The van der Waals surface area contributed by atoms with Gasteiger partial charge in [-0.25, -0.2) is 9.67 Å². The van der Waals surface area contributed by atoms with E-state index in [0.29, 0.717) is 12.1 Å². The van der Waals surface area contributed by atoms with Crippen LogP contribution in [0.25, 0.3) is 28.1 Å². The van der Waals surface area contributed by atoms with E-state index in [1.165, 1.54) is 12.1 Å². The van der Waals surface area contributed by atoms with Crippen molar-refractivity contribution in [2.45, 2.75) is 12.7 Å². The van der Waals surface area contributed by atoms with E-state index in [-0.39, 0.29) is 11.4 Å². The maximum atomic E-state index is 13.6. The van der Waals surface area contributed by atoms with E-state index >= 15 is 0 Å². The van der Waals surface area contributed by atoms with Crippen molar-refractivity contribution in [3.05, 3.63) is 78.0 Å². The monoisotopic (exact) mass is 421 g/mol. The van der Waals surface area contributed by atoms with Crippen LogP contribution in [0, 0.1) is 0 Å². The van der Waals surface area contributed by atoms with Crippen LogP contribution in [-0.2, 0) is 12.7 Å². The maximum Gasteiger partial charge on any atom is 0.434 e. The van der Waals surface area contributed by atoms with Gasteiger partial charge in [0, 0.05) is 30.8 Å². The third-order valence-electron chi connectivity index (χ3n) is 5.37. The molecule has 156 valence electrons.